The van der Waals surface area contributed by atoms with E-state index in [4.69, 9.17) is 4.74 Å². The molecule has 2 fully saturated rings. The molecule has 2 bridgehead atoms. The van der Waals surface area contributed by atoms with Crippen molar-refractivity contribution < 1.29 is 14.3 Å². The number of carbonyl (C=O) groups is 2. The molecule has 0 radical (unpaired) electrons. The topological polar surface area (TPSA) is 59.5 Å². The summed E-state index contributed by atoms with van der Waals surface area (Å²) < 4.78 is 5.53. The van der Waals surface area contributed by atoms with Crippen molar-refractivity contribution in [3.05, 3.63) is 30.1 Å². The lowest BCUT2D eigenvalue weighted by molar-refractivity contribution is 0.00251. The molecule has 0 aromatic carbocycles. The Morgan fingerprint density at radius 2 is 1.83 bits per heavy atom. The molecule has 2 unspecified atom stereocenters. The number of ether oxygens (including phenoxy) is 1. The molecule has 124 valence electrons. The fraction of sp³-hybridized carbons (Fsp3) is 0.611. The molecule has 0 saturated carbocycles. The van der Waals surface area contributed by atoms with Crippen LogP contribution < -0.4 is 0 Å². The highest BCUT2D eigenvalue weighted by Gasteiger charge is 2.46. The van der Waals surface area contributed by atoms with Gasteiger partial charge in [0.25, 0.3) is 0 Å². The first-order chi connectivity index (χ1) is 10.8. The molecule has 2 aliphatic heterocycles. The van der Waals surface area contributed by atoms with Crippen LogP contribution >= 0.6 is 0 Å². The van der Waals surface area contributed by atoms with Gasteiger partial charge in [-0.2, -0.15) is 0 Å². The molecule has 23 heavy (non-hydrogen) atoms. The second-order valence-corrected chi connectivity index (χ2v) is 7.52. The van der Waals surface area contributed by atoms with Gasteiger partial charge in [0, 0.05) is 24.2 Å². The first-order valence-corrected chi connectivity index (χ1v) is 8.32. The van der Waals surface area contributed by atoms with Crippen molar-refractivity contribution in [2.75, 3.05) is 0 Å². The second kappa shape index (κ2) is 5.95. The van der Waals surface area contributed by atoms with E-state index in [0.717, 1.165) is 12.8 Å². The van der Waals surface area contributed by atoms with E-state index in [1.54, 1.807) is 12.3 Å². The fourth-order valence-electron chi connectivity index (χ4n) is 3.72. The molecular formula is C18H24N2O3. The maximum absolute atomic E-state index is 12.6. The largest absolute Gasteiger partial charge is 0.444 e. The second-order valence-electron chi connectivity index (χ2n) is 7.52. The molecule has 3 rings (SSSR count). The van der Waals surface area contributed by atoms with Crippen molar-refractivity contribution in [1.29, 1.82) is 0 Å². The molecular weight excluding hydrogens is 292 g/mol. The highest BCUT2D eigenvalue weighted by Crippen LogP contribution is 2.40. The Labute approximate surface area is 137 Å². The van der Waals surface area contributed by atoms with Crippen molar-refractivity contribution >= 4 is 11.9 Å². The highest BCUT2D eigenvalue weighted by atomic mass is 16.6. The van der Waals surface area contributed by atoms with Crippen LogP contribution in [0.15, 0.2) is 24.4 Å². The number of hydrogen-bond acceptors (Lipinski definition) is 4. The van der Waals surface area contributed by atoms with Crippen LogP contribution in [0.2, 0.25) is 0 Å². The van der Waals surface area contributed by atoms with Crippen molar-refractivity contribution in [2.24, 2.45) is 5.92 Å². The summed E-state index contributed by atoms with van der Waals surface area (Å²) in [5, 5.41) is 0. The maximum atomic E-state index is 12.6. The van der Waals surface area contributed by atoms with Gasteiger partial charge in [-0.05, 0) is 58.6 Å². The van der Waals surface area contributed by atoms with Gasteiger partial charge in [-0.3, -0.25) is 9.78 Å². The van der Waals surface area contributed by atoms with Gasteiger partial charge < -0.3 is 9.64 Å². The molecule has 1 amide bonds. The van der Waals surface area contributed by atoms with E-state index >= 15 is 0 Å². The maximum Gasteiger partial charge on any atom is 0.410 e. The van der Waals surface area contributed by atoms with E-state index in [1.807, 2.05) is 37.8 Å². The molecule has 1 aromatic rings. The number of rotatable bonds is 2. The van der Waals surface area contributed by atoms with Gasteiger partial charge in [-0.25, -0.2) is 4.79 Å². The zero-order valence-electron chi connectivity index (χ0n) is 14.0. The Morgan fingerprint density at radius 1 is 1.17 bits per heavy atom. The standard InChI is InChI=1S/C18H24N2O3/c1-18(2,3)23-17(22)20-13-7-8-14(20)11-12(10-13)16(21)15-6-4-5-9-19-15/h4-6,9,12-14H,7-8,10-11H2,1-3H3. The highest BCUT2D eigenvalue weighted by molar-refractivity contribution is 5.96. The van der Waals surface area contributed by atoms with Crippen LogP contribution in [0.1, 0.15) is 56.9 Å². The predicted molar refractivity (Wildman–Crippen MR) is 86.2 cm³/mol. The number of Topliss-reactive ketones (excluding diaryl/α,β-unsaturated/α-hetero) is 1. The fourth-order valence-corrected chi connectivity index (χ4v) is 3.72. The van der Waals surface area contributed by atoms with Crippen LogP contribution in [0.4, 0.5) is 4.79 Å². The first kappa shape index (κ1) is 16.0. The summed E-state index contributed by atoms with van der Waals surface area (Å²) in [6.45, 7) is 5.64. The van der Waals surface area contributed by atoms with Gasteiger partial charge >= 0.3 is 6.09 Å². The van der Waals surface area contributed by atoms with Crippen LogP contribution in [0, 0.1) is 5.92 Å². The zero-order valence-corrected chi connectivity index (χ0v) is 14.0. The smallest absolute Gasteiger partial charge is 0.410 e. The average molecular weight is 316 g/mol. The van der Waals surface area contributed by atoms with E-state index in [0.29, 0.717) is 18.5 Å². The molecule has 2 aliphatic rings. The van der Waals surface area contributed by atoms with E-state index in [9.17, 15) is 9.59 Å². The molecule has 0 N–H and O–H groups in total. The number of aromatic nitrogens is 1. The van der Waals surface area contributed by atoms with Crippen molar-refractivity contribution in [1.82, 2.24) is 9.88 Å². The number of carbonyl (C=O) groups excluding carboxylic acids is 2. The van der Waals surface area contributed by atoms with Gasteiger partial charge in [-0.15, -0.1) is 0 Å². The lowest BCUT2D eigenvalue weighted by atomic mass is 9.86. The van der Waals surface area contributed by atoms with E-state index in [-0.39, 0.29) is 29.9 Å². The molecule has 5 nitrogen and oxygen atoms in total. The minimum atomic E-state index is -0.489. The summed E-state index contributed by atoms with van der Waals surface area (Å²) in [6.07, 6.45) is 4.74. The lowest BCUT2D eigenvalue weighted by Gasteiger charge is -2.38. The quantitative estimate of drug-likeness (QED) is 0.784. The number of pyridine rings is 1. The number of amides is 1. The average Bonchev–Trinajstić information content (AvgIpc) is 2.76. The number of hydrogen-bond donors (Lipinski definition) is 0. The normalized spacial score (nSPS) is 26.9. The Morgan fingerprint density at radius 3 is 2.35 bits per heavy atom. The van der Waals surface area contributed by atoms with Gasteiger partial charge in [-0.1, -0.05) is 6.07 Å². The number of nitrogens with zero attached hydrogens (tertiary/aromatic N) is 2. The Hall–Kier alpha value is -1.91. The summed E-state index contributed by atoms with van der Waals surface area (Å²) in [5.74, 6) is 0.0624. The van der Waals surface area contributed by atoms with E-state index in [1.165, 1.54) is 0 Å². The van der Waals surface area contributed by atoms with Gasteiger partial charge in [0.1, 0.15) is 11.3 Å². The van der Waals surface area contributed by atoms with Crippen LogP contribution in [-0.4, -0.2) is 39.4 Å². The van der Waals surface area contributed by atoms with E-state index < -0.39 is 5.60 Å². The third-order valence-electron chi connectivity index (χ3n) is 4.63. The Kier molecular flexibility index (Phi) is 4.13. The molecule has 5 heteroatoms. The Balaban J connectivity index is 1.70. The number of piperidine rings is 1. The molecule has 3 heterocycles. The first-order valence-electron chi connectivity index (χ1n) is 8.32. The van der Waals surface area contributed by atoms with Crippen LogP contribution in [-0.2, 0) is 4.74 Å². The van der Waals surface area contributed by atoms with Crippen molar-refractivity contribution in [3.63, 3.8) is 0 Å². The summed E-state index contributed by atoms with van der Waals surface area (Å²) in [6, 6.07) is 5.64. The molecule has 2 atom stereocenters. The third kappa shape index (κ3) is 3.38. The summed E-state index contributed by atoms with van der Waals surface area (Å²) in [4.78, 5) is 31.1. The monoisotopic (exact) mass is 316 g/mol. The van der Waals surface area contributed by atoms with Crippen LogP contribution in [0.25, 0.3) is 0 Å². The van der Waals surface area contributed by atoms with Gasteiger partial charge in [0.2, 0.25) is 0 Å². The minimum absolute atomic E-state index is 0.0407. The SMILES string of the molecule is CC(C)(C)OC(=O)N1C2CCC1CC(C(=O)c1ccccn1)C2. The van der Waals surface area contributed by atoms with Gasteiger partial charge in [0.05, 0.1) is 0 Å². The van der Waals surface area contributed by atoms with Crippen molar-refractivity contribution in [2.45, 2.75) is 64.1 Å². The van der Waals surface area contributed by atoms with Gasteiger partial charge in [0.15, 0.2) is 5.78 Å². The van der Waals surface area contributed by atoms with Crippen LogP contribution in [0.5, 0.6) is 0 Å². The lowest BCUT2D eigenvalue weighted by Crippen LogP contribution is -2.49. The molecule has 0 aliphatic carbocycles. The third-order valence-corrected chi connectivity index (χ3v) is 4.63. The van der Waals surface area contributed by atoms with Crippen molar-refractivity contribution in [3.8, 4) is 0 Å². The number of fused-ring (bicyclic) bond motifs is 2. The molecule has 2 saturated heterocycles. The Bertz CT molecular complexity index is 580. The summed E-state index contributed by atoms with van der Waals surface area (Å²) >= 11 is 0. The molecule has 0 spiro atoms. The summed E-state index contributed by atoms with van der Waals surface area (Å²) in [7, 11) is 0. The van der Waals surface area contributed by atoms with Crippen LogP contribution in [0.3, 0.4) is 0 Å². The predicted octanol–water partition coefficient (Wildman–Crippen LogP) is 3.44. The number of ketones is 1. The molecule has 1 aromatic heterocycles. The zero-order chi connectivity index (χ0) is 16.6. The minimum Gasteiger partial charge on any atom is -0.444 e. The van der Waals surface area contributed by atoms with E-state index in [2.05, 4.69) is 4.98 Å². The summed E-state index contributed by atoms with van der Waals surface area (Å²) in [5.41, 5.74) is 0.0413.